The number of ether oxygens (including phenoxy) is 1. The molecule has 0 amide bonds. The standard InChI is InChI=1S/C17H19FN4O3S/c18-14-2-1-3-15(10-14)26(23,24)22-5-4-13-11-19-17(20-16(13)12-22)21-6-8-25-9-7-21/h1-3,10-11H,4-9,12H2. The average molecular weight is 378 g/mol. The highest BCUT2D eigenvalue weighted by Crippen LogP contribution is 2.25. The second kappa shape index (κ2) is 6.90. The van der Waals surface area contributed by atoms with Crippen LogP contribution in [0.3, 0.4) is 0 Å². The summed E-state index contributed by atoms with van der Waals surface area (Å²) in [5, 5.41) is 0. The maximum atomic E-state index is 13.4. The van der Waals surface area contributed by atoms with Crippen LogP contribution in [0.2, 0.25) is 0 Å². The Bertz CT molecular complexity index is 916. The fourth-order valence-corrected chi connectivity index (χ4v) is 4.60. The van der Waals surface area contributed by atoms with E-state index in [0.29, 0.717) is 50.9 Å². The van der Waals surface area contributed by atoms with Gasteiger partial charge in [-0.15, -0.1) is 0 Å². The number of halogens is 1. The van der Waals surface area contributed by atoms with Crippen molar-refractivity contribution in [3.05, 3.63) is 47.5 Å². The molecular weight excluding hydrogens is 359 g/mol. The van der Waals surface area contributed by atoms with Gasteiger partial charge in [0.15, 0.2) is 0 Å². The van der Waals surface area contributed by atoms with Gasteiger partial charge in [0.05, 0.1) is 30.3 Å². The van der Waals surface area contributed by atoms with Gasteiger partial charge in [0, 0.05) is 25.8 Å². The maximum absolute atomic E-state index is 13.4. The van der Waals surface area contributed by atoms with Crippen LogP contribution in [0.1, 0.15) is 11.3 Å². The zero-order valence-electron chi connectivity index (χ0n) is 14.1. The molecule has 1 saturated heterocycles. The number of benzene rings is 1. The topological polar surface area (TPSA) is 75.6 Å². The average Bonchev–Trinajstić information content (AvgIpc) is 2.68. The van der Waals surface area contributed by atoms with E-state index in [9.17, 15) is 12.8 Å². The first kappa shape index (κ1) is 17.3. The molecule has 0 spiro atoms. The van der Waals surface area contributed by atoms with E-state index in [0.717, 1.165) is 11.6 Å². The number of rotatable bonds is 3. The molecule has 3 heterocycles. The SMILES string of the molecule is O=S(=O)(c1cccc(F)c1)N1CCc2cnc(N3CCOCC3)nc2C1. The van der Waals surface area contributed by atoms with Gasteiger partial charge in [-0.2, -0.15) is 4.31 Å². The molecule has 138 valence electrons. The number of aromatic nitrogens is 2. The summed E-state index contributed by atoms with van der Waals surface area (Å²) in [5.41, 5.74) is 1.65. The highest BCUT2D eigenvalue weighted by molar-refractivity contribution is 7.89. The van der Waals surface area contributed by atoms with E-state index in [-0.39, 0.29) is 11.4 Å². The van der Waals surface area contributed by atoms with Gasteiger partial charge < -0.3 is 9.64 Å². The van der Waals surface area contributed by atoms with Crippen molar-refractivity contribution in [2.24, 2.45) is 0 Å². The third-order valence-electron chi connectivity index (χ3n) is 4.63. The Labute approximate surface area is 151 Å². The van der Waals surface area contributed by atoms with Crippen LogP contribution >= 0.6 is 0 Å². The highest BCUT2D eigenvalue weighted by atomic mass is 32.2. The lowest BCUT2D eigenvalue weighted by Gasteiger charge is -2.30. The van der Waals surface area contributed by atoms with Crippen LogP contribution in [0.25, 0.3) is 0 Å². The van der Waals surface area contributed by atoms with Crippen molar-refractivity contribution in [1.82, 2.24) is 14.3 Å². The first-order chi connectivity index (χ1) is 12.5. The van der Waals surface area contributed by atoms with Crippen LogP contribution in [0.5, 0.6) is 0 Å². The summed E-state index contributed by atoms with van der Waals surface area (Å²) in [6, 6.07) is 5.09. The lowest BCUT2D eigenvalue weighted by Crippen LogP contribution is -2.39. The largest absolute Gasteiger partial charge is 0.378 e. The number of anilines is 1. The molecule has 1 aromatic carbocycles. The Hall–Kier alpha value is -2.10. The molecule has 0 radical (unpaired) electrons. The summed E-state index contributed by atoms with van der Waals surface area (Å²) in [7, 11) is -3.77. The second-order valence-electron chi connectivity index (χ2n) is 6.29. The predicted molar refractivity (Wildman–Crippen MR) is 92.8 cm³/mol. The van der Waals surface area contributed by atoms with Crippen LogP contribution in [0.15, 0.2) is 35.4 Å². The summed E-state index contributed by atoms with van der Waals surface area (Å²) in [4.78, 5) is 11.0. The minimum absolute atomic E-state index is 0.0385. The van der Waals surface area contributed by atoms with Gasteiger partial charge in [-0.3, -0.25) is 0 Å². The number of hydrogen-bond acceptors (Lipinski definition) is 6. The molecule has 0 aliphatic carbocycles. The van der Waals surface area contributed by atoms with Crippen molar-refractivity contribution in [3.63, 3.8) is 0 Å². The fourth-order valence-electron chi connectivity index (χ4n) is 3.17. The van der Waals surface area contributed by atoms with E-state index >= 15 is 0 Å². The van der Waals surface area contributed by atoms with Gasteiger partial charge in [0.25, 0.3) is 0 Å². The Balaban J connectivity index is 1.60. The van der Waals surface area contributed by atoms with Gasteiger partial charge >= 0.3 is 0 Å². The quantitative estimate of drug-likeness (QED) is 0.799. The van der Waals surface area contributed by atoms with Crippen LogP contribution < -0.4 is 4.90 Å². The van der Waals surface area contributed by atoms with Crippen LogP contribution in [-0.2, 0) is 27.7 Å². The van der Waals surface area contributed by atoms with Crippen molar-refractivity contribution in [2.45, 2.75) is 17.9 Å². The lowest BCUT2D eigenvalue weighted by atomic mass is 10.1. The number of fused-ring (bicyclic) bond motifs is 1. The third kappa shape index (κ3) is 3.29. The van der Waals surface area contributed by atoms with Crippen molar-refractivity contribution in [3.8, 4) is 0 Å². The van der Waals surface area contributed by atoms with Crippen molar-refractivity contribution in [1.29, 1.82) is 0 Å². The van der Waals surface area contributed by atoms with Crippen molar-refractivity contribution in [2.75, 3.05) is 37.7 Å². The van der Waals surface area contributed by atoms with Crippen molar-refractivity contribution >= 4 is 16.0 Å². The molecule has 1 aromatic heterocycles. The number of sulfonamides is 1. The third-order valence-corrected chi connectivity index (χ3v) is 6.47. The van der Waals surface area contributed by atoms with Crippen LogP contribution in [-0.4, -0.2) is 55.5 Å². The molecule has 0 atom stereocenters. The van der Waals surface area contributed by atoms with Gasteiger partial charge in [-0.05, 0) is 30.2 Å². The Morgan fingerprint density at radius 3 is 2.73 bits per heavy atom. The Morgan fingerprint density at radius 1 is 1.15 bits per heavy atom. The summed E-state index contributed by atoms with van der Waals surface area (Å²) >= 11 is 0. The smallest absolute Gasteiger partial charge is 0.243 e. The van der Waals surface area contributed by atoms with Crippen LogP contribution in [0, 0.1) is 5.82 Å². The van der Waals surface area contributed by atoms with Gasteiger partial charge in [0.1, 0.15) is 5.82 Å². The summed E-state index contributed by atoms with van der Waals surface area (Å²) in [6.07, 6.45) is 2.31. The fraction of sp³-hybridized carbons (Fsp3) is 0.412. The first-order valence-corrected chi connectivity index (χ1v) is 9.91. The molecule has 9 heteroatoms. The molecule has 0 unspecified atom stereocenters. The minimum atomic E-state index is -3.77. The molecular formula is C17H19FN4O3S. The summed E-state index contributed by atoms with van der Waals surface area (Å²) in [5.74, 6) is 0.0254. The lowest BCUT2D eigenvalue weighted by molar-refractivity contribution is 0.122. The normalized spacial score (nSPS) is 18.6. The first-order valence-electron chi connectivity index (χ1n) is 8.47. The maximum Gasteiger partial charge on any atom is 0.243 e. The molecule has 7 nitrogen and oxygen atoms in total. The Morgan fingerprint density at radius 2 is 1.96 bits per heavy atom. The van der Waals surface area contributed by atoms with Gasteiger partial charge in [-0.1, -0.05) is 6.07 Å². The second-order valence-corrected chi connectivity index (χ2v) is 8.23. The van der Waals surface area contributed by atoms with Crippen molar-refractivity contribution < 1.29 is 17.5 Å². The molecule has 0 bridgehead atoms. The van der Waals surface area contributed by atoms with Gasteiger partial charge in [-0.25, -0.2) is 22.8 Å². The molecule has 26 heavy (non-hydrogen) atoms. The van der Waals surface area contributed by atoms with E-state index in [1.165, 1.54) is 22.5 Å². The van der Waals surface area contributed by atoms with Crippen LogP contribution in [0.4, 0.5) is 10.3 Å². The highest BCUT2D eigenvalue weighted by Gasteiger charge is 2.30. The van der Waals surface area contributed by atoms with E-state index in [4.69, 9.17) is 4.74 Å². The monoisotopic (exact) mass is 378 g/mol. The molecule has 2 aromatic rings. The summed E-state index contributed by atoms with van der Waals surface area (Å²) in [6.45, 7) is 3.16. The zero-order chi connectivity index (χ0) is 18.1. The molecule has 2 aliphatic heterocycles. The Kier molecular flexibility index (Phi) is 4.60. The minimum Gasteiger partial charge on any atom is -0.378 e. The summed E-state index contributed by atoms with van der Waals surface area (Å²) < 4.78 is 45.8. The van der Waals surface area contributed by atoms with E-state index in [1.807, 2.05) is 4.90 Å². The zero-order valence-corrected chi connectivity index (χ0v) is 15.0. The number of hydrogen-bond donors (Lipinski definition) is 0. The number of morpholine rings is 1. The van der Waals surface area contributed by atoms with E-state index < -0.39 is 15.8 Å². The molecule has 2 aliphatic rings. The molecule has 0 N–H and O–H groups in total. The van der Waals surface area contributed by atoms with Gasteiger partial charge in [0.2, 0.25) is 16.0 Å². The van der Waals surface area contributed by atoms with E-state index in [1.54, 1.807) is 6.20 Å². The molecule has 1 fully saturated rings. The van der Waals surface area contributed by atoms with E-state index in [2.05, 4.69) is 9.97 Å². The number of nitrogens with zero attached hydrogens (tertiary/aromatic N) is 4. The molecule has 0 saturated carbocycles. The predicted octanol–water partition coefficient (Wildman–Crippen LogP) is 1.20. The molecule has 4 rings (SSSR count).